The quantitative estimate of drug-likeness (QED) is 0.904. The van der Waals surface area contributed by atoms with Crippen LogP contribution in [0.25, 0.3) is 0 Å². The van der Waals surface area contributed by atoms with E-state index in [4.69, 9.17) is 0 Å². The van der Waals surface area contributed by atoms with Crippen molar-refractivity contribution in [1.82, 2.24) is 0 Å². The molecule has 4 heteroatoms. The molecule has 0 aliphatic rings. The van der Waals surface area contributed by atoms with Crippen molar-refractivity contribution >= 4 is 23.0 Å². The van der Waals surface area contributed by atoms with E-state index in [9.17, 15) is 4.79 Å². The van der Waals surface area contributed by atoms with Crippen LogP contribution in [0.2, 0.25) is 0 Å². The fourth-order valence-corrected chi connectivity index (χ4v) is 2.12. The lowest BCUT2D eigenvalue weighted by Gasteiger charge is -2.15. The van der Waals surface area contributed by atoms with Gasteiger partial charge in [0.1, 0.15) is 0 Å². The molecule has 0 unspecified atom stereocenters. The maximum atomic E-state index is 12.5. The second kappa shape index (κ2) is 6.31. The van der Waals surface area contributed by atoms with Gasteiger partial charge in [-0.3, -0.25) is 4.79 Å². The van der Waals surface area contributed by atoms with E-state index in [2.05, 4.69) is 10.6 Å². The number of aryl methyl sites for hydroxylation is 1. The molecular weight excluding hydrogens is 262 g/mol. The maximum Gasteiger partial charge on any atom is 0.257 e. The number of carbonyl (C=O) groups is 1. The Kier molecular flexibility index (Phi) is 4.48. The summed E-state index contributed by atoms with van der Waals surface area (Å²) < 4.78 is 0. The molecule has 4 nitrogen and oxygen atoms in total. The van der Waals surface area contributed by atoms with Crippen molar-refractivity contribution in [3.8, 4) is 0 Å². The third-order valence-corrected chi connectivity index (χ3v) is 3.31. The first-order chi connectivity index (χ1) is 10.0. The summed E-state index contributed by atoms with van der Waals surface area (Å²) in [4.78, 5) is 14.5. The molecular formula is C17H21N3O. The number of hydrogen-bond acceptors (Lipinski definition) is 3. The highest BCUT2D eigenvalue weighted by Gasteiger charge is 2.11. The van der Waals surface area contributed by atoms with Crippen LogP contribution in [0.15, 0.2) is 42.5 Å². The molecule has 0 heterocycles. The third kappa shape index (κ3) is 3.54. The highest BCUT2D eigenvalue weighted by Crippen LogP contribution is 2.21. The average molecular weight is 283 g/mol. The predicted octanol–water partition coefficient (Wildman–Crippen LogP) is 3.36. The number of amides is 1. The van der Waals surface area contributed by atoms with Gasteiger partial charge in [-0.15, -0.1) is 0 Å². The molecule has 0 saturated heterocycles. The lowest BCUT2D eigenvalue weighted by molar-refractivity contribution is 0.102. The first-order valence-electron chi connectivity index (χ1n) is 6.88. The van der Waals surface area contributed by atoms with E-state index in [-0.39, 0.29) is 5.91 Å². The van der Waals surface area contributed by atoms with Crippen LogP contribution in [0.3, 0.4) is 0 Å². The number of carbonyl (C=O) groups excluding carboxylic acids is 1. The van der Waals surface area contributed by atoms with E-state index in [1.54, 1.807) is 0 Å². The van der Waals surface area contributed by atoms with Crippen molar-refractivity contribution in [3.63, 3.8) is 0 Å². The van der Waals surface area contributed by atoms with Crippen LogP contribution in [-0.4, -0.2) is 27.1 Å². The van der Waals surface area contributed by atoms with Gasteiger partial charge in [0.15, 0.2) is 0 Å². The minimum Gasteiger partial charge on any atom is -0.387 e. The minimum absolute atomic E-state index is 0.112. The van der Waals surface area contributed by atoms with Gasteiger partial charge in [-0.2, -0.15) is 0 Å². The number of benzene rings is 2. The van der Waals surface area contributed by atoms with E-state index in [0.717, 1.165) is 22.6 Å². The van der Waals surface area contributed by atoms with Gasteiger partial charge in [0.25, 0.3) is 5.91 Å². The third-order valence-electron chi connectivity index (χ3n) is 3.31. The van der Waals surface area contributed by atoms with Crippen LogP contribution in [0.4, 0.5) is 17.1 Å². The summed E-state index contributed by atoms with van der Waals surface area (Å²) in [7, 11) is 5.76. The molecule has 0 aliphatic carbocycles. The lowest BCUT2D eigenvalue weighted by Crippen LogP contribution is -2.15. The Morgan fingerprint density at radius 3 is 2.52 bits per heavy atom. The van der Waals surface area contributed by atoms with Gasteiger partial charge in [0, 0.05) is 38.2 Å². The summed E-state index contributed by atoms with van der Waals surface area (Å²) in [6.07, 6.45) is 0. The molecule has 2 aromatic rings. The van der Waals surface area contributed by atoms with E-state index in [1.807, 2.05) is 75.4 Å². The van der Waals surface area contributed by atoms with Crippen molar-refractivity contribution in [2.24, 2.45) is 0 Å². The fraction of sp³-hybridized carbons (Fsp3) is 0.235. The standard InChI is InChI=1S/C17H21N3O/c1-12-8-9-16(18-2)15(10-12)17(21)19-13-6-5-7-14(11-13)20(3)4/h5-11,18H,1-4H3,(H,19,21). The number of hydrogen-bond donors (Lipinski definition) is 2. The second-order valence-corrected chi connectivity index (χ2v) is 5.20. The van der Waals surface area contributed by atoms with Crippen molar-refractivity contribution in [1.29, 1.82) is 0 Å². The van der Waals surface area contributed by atoms with Crippen LogP contribution in [0.1, 0.15) is 15.9 Å². The van der Waals surface area contributed by atoms with Crippen molar-refractivity contribution in [2.75, 3.05) is 36.7 Å². The Morgan fingerprint density at radius 2 is 1.86 bits per heavy atom. The monoisotopic (exact) mass is 283 g/mol. The van der Waals surface area contributed by atoms with Crippen LogP contribution >= 0.6 is 0 Å². The molecule has 2 aromatic carbocycles. The van der Waals surface area contributed by atoms with Gasteiger partial charge in [-0.25, -0.2) is 0 Å². The first-order valence-corrected chi connectivity index (χ1v) is 6.88. The van der Waals surface area contributed by atoms with Gasteiger partial charge >= 0.3 is 0 Å². The topological polar surface area (TPSA) is 44.4 Å². The maximum absolute atomic E-state index is 12.5. The Morgan fingerprint density at radius 1 is 1.10 bits per heavy atom. The molecule has 2 rings (SSSR count). The van der Waals surface area contributed by atoms with E-state index in [1.165, 1.54) is 0 Å². The van der Waals surface area contributed by atoms with Crippen LogP contribution in [0, 0.1) is 6.92 Å². The summed E-state index contributed by atoms with van der Waals surface area (Å²) in [5, 5.41) is 6.00. The van der Waals surface area contributed by atoms with Crippen LogP contribution in [0.5, 0.6) is 0 Å². The Labute approximate surface area is 125 Å². The second-order valence-electron chi connectivity index (χ2n) is 5.20. The summed E-state index contributed by atoms with van der Waals surface area (Å²) in [6, 6.07) is 13.6. The van der Waals surface area contributed by atoms with Gasteiger partial charge in [-0.1, -0.05) is 17.7 Å². The molecule has 0 aliphatic heterocycles. The first kappa shape index (κ1) is 14.9. The normalized spacial score (nSPS) is 10.1. The molecule has 0 bridgehead atoms. The number of anilines is 3. The Balaban J connectivity index is 2.26. The number of nitrogens with one attached hydrogen (secondary N) is 2. The molecule has 0 aromatic heterocycles. The molecule has 21 heavy (non-hydrogen) atoms. The summed E-state index contributed by atoms with van der Waals surface area (Å²) in [5.74, 6) is -0.112. The van der Waals surface area contributed by atoms with Crippen molar-refractivity contribution in [3.05, 3.63) is 53.6 Å². The molecule has 2 N–H and O–H groups in total. The zero-order chi connectivity index (χ0) is 15.4. The SMILES string of the molecule is CNc1ccc(C)cc1C(=O)Nc1cccc(N(C)C)c1. The van der Waals surface area contributed by atoms with E-state index >= 15 is 0 Å². The molecule has 0 atom stereocenters. The molecule has 0 spiro atoms. The van der Waals surface area contributed by atoms with E-state index < -0.39 is 0 Å². The van der Waals surface area contributed by atoms with Crippen LogP contribution < -0.4 is 15.5 Å². The van der Waals surface area contributed by atoms with Crippen molar-refractivity contribution < 1.29 is 4.79 Å². The molecule has 0 radical (unpaired) electrons. The van der Waals surface area contributed by atoms with Gasteiger partial charge in [0.05, 0.1) is 5.56 Å². The van der Waals surface area contributed by atoms with Gasteiger partial charge in [-0.05, 0) is 37.3 Å². The molecule has 110 valence electrons. The smallest absolute Gasteiger partial charge is 0.257 e. The zero-order valence-corrected chi connectivity index (χ0v) is 12.9. The Hall–Kier alpha value is -2.49. The molecule has 0 saturated carbocycles. The van der Waals surface area contributed by atoms with E-state index in [0.29, 0.717) is 5.56 Å². The summed E-state index contributed by atoms with van der Waals surface area (Å²) >= 11 is 0. The average Bonchev–Trinajstić information content (AvgIpc) is 2.47. The molecule has 1 amide bonds. The highest BCUT2D eigenvalue weighted by molar-refractivity contribution is 6.08. The number of nitrogens with zero attached hydrogens (tertiary/aromatic N) is 1. The summed E-state index contributed by atoms with van der Waals surface area (Å²) in [6.45, 7) is 1.98. The van der Waals surface area contributed by atoms with Crippen molar-refractivity contribution in [2.45, 2.75) is 6.92 Å². The minimum atomic E-state index is -0.112. The predicted molar refractivity (Wildman–Crippen MR) is 89.4 cm³/mol. The summed E-state index contributed by atoms with van der Waals surface area (Å²) in [5.41, 5.74) is 4.36. The zero-order valence-electron chi connectivity index (χ0n) is 12.9. The largest absolute Gasteiger partial charge is 0.387 e. The van der Waals surface area contributed by atoms with Crippen LogP contribution in [-0.2, 0) is 0 Å². The lowest BCUT2D eigenvalue weighted by atomic mass is 10.1. The number of rotatable bonds is 4. The van der Waals surface area contributed by atoms with Gasteiger partial charge in [0.2, 0.25) is 0 Å². The van der Waals surface area contributed by atoms with Gasteiger partial charge < -0.3 is 15.5 Å². The molecule has 0 fully saturated rings. The highest BCUT2D eigenvalue weighted by atomic mass is 16.1. The fourth-order valence-electron chi connectivity index (χ4n) is 2.12. The Bertz CT molecular complexity index is 650.